The van der Waals surface area contributed by atoms with Crippen molar-refractivity contribution in [2.75, 3.05) is 18.1 Å². The maximum absolute atomic E-state index is 10.9. The molecule has 2 atom stereocenters. The highest BCUT2D eigenvalue weighted by Crippen LogP contribution is 2.47. The van der Waals surface area contributed by atoms with Crippen LogP contribution in [0.25, 0.3) is 0 Å². The van der Waals surface area contributed by atoms with Gasteiger partial charge in [0.2, 0.25) is 0 Å². The molecule has 2 saturated heterocycles. The largest absolute Gasteiger partial charge is 0.390 e. The Balaban J connectivity index is 1.70. The minimum atomic E-state index is -0.359. The first kappa shape index (κ1) is 12.3. The maximum Gasteiger partial charge on any atom is 0.0784 e. The van der Waals surface area contributed by atoms with Gasteiger partial charge < -0.3 is 9.84 Å². The molecule has 98 valence electrons. The third kappa shape index (κ3) is 2.39. The van der Waals surface area contributed by atoms with Crippen LogP contribution >= 0.6 is 11.8 Å². The summed E-state index contributed by atoms with van der Waals surface area (Å²) in [5, 5.41) is 10.9. The molecular weight excluding hydrogens is 232 g/mol. The molecule has 3 aliphatic rings. The summed E-state index contributed by atoms with van der Waals surface area (Å²) in [7, 11) is 0. The average Bonchev–Trinajstić information content (AvgIpc) is 2.78. The summed E-state index contributed by atoms with van der Waals surface area (Å²) >= 11 is 2.02. The van der Waals surface area contributed by atoms with E-state index in [1.165, 1.54) is 31.4 Å². The Morgan fingerprint density at radius 2 is 1.94 bits per heavy atom. The van der Waals surface area contributed by atoms with Crippen molar-refractivity contribution in [3.8, 4) is 0 Å². The van der Waals surface area contributed by atoms with E-state index in [0.717, 1.165) is 38.0 Å². The Kier molecular flexibility index (Phi) is 3.44. The Morgan fingerprint density at radius 3 is 2.65 bits per heavy atom. The summed E-state index contributed by atoms with van der Waals surface area (Å²) in [6.07, 6.45) is 9.18. The number of thioether (sulfide) groups is 1. The second-order valence-electron chi connectivity index (χ2n) is 6.19. The third-order valence-corrected chi connectivity index (χ3v) is 6.26. The highest BCUT2D eigenvalue weighted by atomic mass is 32.2. The van der Waals surface area contributed by atoms with Gasteiger partial charge in [-0.2, -0.15) is 11.8 Å². The molecule has 2 heterocycles. The van der Waals surface area contributed by atoms with Crippen molar-refractivity contribution in [2.24, 2.45) is 5.92 Å². The summed E-state index contributed by atoms with van der Waals surface area (Å²) in [6.45, 7) is 0.869. The third-order valence-electron chi connectivity index (χ3n) is 5.04. The van der Waals surface area contributed by atoms with Crippen LogP contribution < -0.4 is 0 Å². The molecular formula is C14H24O2S. The van der Waals surface area contributed by atoms with Crippen molar-refractivity contribution in [2.45, 2.75) is 62.6 Å². The zero-order valence-electron chi connectivity index (χ0n) is 10.6. The van der Waals surface area contributed by atoms with Gasteiger partial charge in [-0.3, -0.25) is 0 Å². The first-order valence-electron chi connectivity index (χ1n) is 7.17. The molecule has 1 spiro atoms. The molecule has 0 bridgehead atoms. The lowest BCUT2D eigenvalue weighted by molar-refractivity contribution is -0.141. The minimum absolute atomic E-state index is 0.126. The number of rotatable bonds is 1. The highest BCUT2D eigenvalue weighted by molar-refractivity contribution is 7.99. The monoisotopic (exact) mass is 256 g/mol. The van der Waals surface area contributed by atoms with Crippen molar-refractivity contribution in [3.63, 3.8) is 0 Å². The van der Waals surface area contributed by atoms with E-state index in [1.807, 2.05) is 11.8 Å². The van der Waals surface area contributed by atoms with Gasteiger partial charge in [0.1, 0.15) is 0 Å². The van der Waals surface area contributed by atoms with Gasteiger partial charge in [0.05, 0.1) is 11.2 Å². The zero-order valence-corrected chi connectivity index (χ0v) is 11.4. The molecule has 3 fully saturated rings. The molecule has 0 aromatic rings. The van der Waals surface area contributed by atoms with Crippen molar-refractivity contribution in [3.05, 3.63) is 0 Å². The van der Waals surface area contributed by atoms with Crippen LogP contribution in [-0.4, -0.2) is 34.4 Å². The van der Waals surface area contributed by atoms with Gasteiger partial charge >= 0.3 is 0 Å². The second kappa shape index (κ2) is 4.75. The Morgan fingerprint density at radius 1 is 1.12 bits per heavy atom. The number of hydrogen-bond acceptors (Lipinski definition) is 3. The average molecular weight is 256 g/mol. The van der Waals surface area contributed by atoms with Crippen molar-refractivity contribution >= 4 is 11.8 Å². The minimum Gasteiger partial charge on any atom is -0.390 e. The molecule has 0 aromatic heterocycles. The van der Waals surface area contributed by atoms with E-state index in [0.29, 0.717) is 5.92 Å². The van der Waals surface area contributed by atoms with Crippen LogP contribution in [0.2, 0.25) is 0 Å². The van der Waals surface area contributed by atoms with Crippen LogP contribution in [0, 0.1) is 5.92 Å². The van der Waals surface area contributed by atoms with Gasteiger partial charge in [-0.25, -0.2) is 0 Å². The Labute approximate surface area is 108 Å². The van der Waals surface area contributed by atoms with Gasteiger partial charge in [-0.15, -0.1) is 0 Å². The topological polar surface area (TPSA) is 29.5 Å². The summed E-state index contributed by atoms with van der Waals surface area (Å²) < 4.78 is 6.06. The van der Waals surface area contributed by atoms with Crippen LogP contribution in [0.15, 0.2) is 0 Å². The molecule has 1 aliphatic carbocycles. The number of ether oxygens (including phenoxy) is 1. The van der Waals surface area contributed by atoms with Crippen molar-refractivity contribution < 1.29 is 9.84 Å². The lowest BCUT2D eigenvalue weighted by Crippen LogP contribution is -2.49. The fourth-order valence-electron chi connectivity index (χ4n) is 3.92. The van der Waals surface area contributed by atoms with Crippen LogP contribution in [-0.2, 0) is 4.74 Å². The Bertz CT molecular complexity index is 267. The molecule has 3 rings (SSSR count). The number of aliphatic hydroxyl groups is 1. The van der Waals surface area contributed by atoms with Crippen LogP contribution in [0.1, 0.15) is 51.4 Å². The van der Waals surface area contributed by atoms with Crippen LogP contribution in [0.3, 0.4) is 0 Å². The van der Waals surface area contributed by atoms with E-state index in [2.05, 4.69) is 0 Å². The molecule has 1 N–H and O–H groups in total. The van der Waals surface area contributed by atoms with Crippen molar-refractivity contribution in [1.82, 2.24) is 0 Å². The molecule has 2 nitrogen and oxygen atoms in total. The molecule has 2 aliphatic heterocycles. The van der Waals surface area contributed by atoms with E-state index < -0.39 is 0 Å². The van der Waals surface area contributed by atoms with Crippen molar-refractivity contribution in [1.29, 1.82) is 0 Å². The first-order chi connectivity index (χ1) is 8.23. The summed E-state index contributed by atoms with van der Waals surface area (Å²) in [4.78, 5) is 0. The normalized spacial score (nSPS) is 41.8. The molecule has 2 unspecified atom stereocenters. The van der Waals surface area contributed by atoms with Gasteiger partial charge in [-0.05, 0) is 43.8 Å². The lowest BCUT2D eigenvalue weighted by Gasteiger charge is -2.46. The second-order valence-corrected chi connectivity index (χ2v) is 7.29. The lowest BCUT2D eigenvalue weighted by atomic mass is 9.69. The molecule has 3 heteroatoms. The van der Waals surface area contributed by atoms with E-state index >= 15 is 0 Å². The highest BCUT2D eigenvalue weighted by Gasteiger charge is 2.47. The fraction of sp³-hybridized carbons (Fsp3) is 1.00. The van der Waals surface area contributed by atoms with E-state index in [1.54, 1.807) is 0 Å². The molecule has 17 heavy (non-hydrogen) atoms. The molecule has 0 aromatic carbocycles. The quantitative estimate of drug-likeness (QED) is 0.782. The van der Waals surface area contributed by atoms with E-state index in [9.17, 15) is 5.11 Å². The first-order valence-corrected chi connectivity index (χ1v) is 8.32. The smallest absolute Gasteiger partial charge is 0.0784 e. The van der Waals surface area contributed by atoms with Gasteiger partial charge in [0.25, 0.3) is 0 Å². The summed E-state index contributed by atoms with van der Waals surface area (Å²) in [6, 6.07) is 0. The van der Waals surface area contributed by atoms with Gasteiger partial charge in [0, 0.05) is 12.4 Å². The Hall–Kier alpha value is 0.270. The summed E-state index contributed by atoms with van der Waals surface area (Å²) in [5.74, 6) is 2.89. The standard InChI is InChI=1S/C14H24O2S/c15-14(5-2-1-3-6-14)12-4-8-16-13(10-12)7-9-17-11-13/h12,15H,1-11H2. The fourth-order valence-corrected chi connectivity index (χ4v) is 5.30. The molecule has 0 amide bonds. The molecule has 0 radical (unpaired) electrons. The van der Waals surface area contributed by atoms with Crippen LogP contribution in [0.5, 0.6) is 0 Å². The van der Waals surface area contributed by atoms with Crippen LogP contribution in [0.4, 0.5) is 0 Å². The predicted octanol–water partition coefficient (Wildman–Crippen LogP) is 2.98. The zero-order chi connectivity index (χ0) is 11.8. The SMILES string of the molecule is OC1(C2CCOC3(CCSC3)C2)CCCCC1. The van der Waals surface area contributed by atoms with Gasteiger partial charge in [0.15, 0.2) is 0 Å². The molecule has 1 saturated carbocycles. The number of hydrogen-bond donors (Lipinski definition) is 1. The summed E-state index contributed by atoms with van der Waals surface area (Å²) in [5.41, 5.74) is -0.233. The van der Waals surface area contributed by atoms with Gasteiger partial charge in [-0.1, -0.05) is 19.3 Å². The van der Waals surface area contributed by atoms with E-state index in [4.69, 9.17) is 4.74 Å². The van der Waals surface area contributed by atoms with E-state index in [-0.39, 0.29) is 11.2 Å². The predicted molar refractivity (Wildman–Crippen MR) is 71.4 cm³/mol. The maximum atomic E-state index is 10.9.